The van der Waals surface area contributed by atoms with Crippen LogP contribution in [0.2, 0.25) is 0 Å². The van der Waals surface area contributed by atoms with E-state index in [2.05, 4.69) is 24.5 Å². The third-order valence-electron chi connectivity index (χ3n) is 3.62. The van der Waals surface area contributed by atoms with Gasteiger partial charge in [0.05, 0.1) is 0 Å². The molecule has 2 nitrogen and oxygen atoms in total. The molecule has 2 rings (SSSR count). The summed E-state index contributed by atoms with van der Waals surface area (Å²) in [6.07, 6.45) is 4.77. The van der Waals surface area contributed by atoms with Crippen LogP contribution >= 0.6 is 12.6 Å². The van der Waals surface area contributed by atoms with E-state index < -0.39 is 0 Å². The maximum Gasteiger partial charge on any atom is 0.225 e. The lowest BCUT2D eigenvalue weighted by molar-refractivity contribution is -0.138. The molecule has 1 saturated heterocycles. The van der Waals surface area contributed by atoms with Crippen LogP contribution in [0.3, 0.4) is 0 Å². The summed E-state index contributed by atoms with van der Waals surface area (Å²) in [6.45, 7) is 3.98. The van der Waals surface area contributed by atoms with Gasteiger partial charge in [-0.25, -0.2) is 0 Å². The van der Waals surface area contributed by atoms with Crippen molar-refractivity contribution < 1.29 is 4.79 Å². The lowest BCUT2D eigenvalue weighted by Gasteiger charge is -2.33. The Morgan fingerprint density at radius 2 is 2.29 bits per heavy atom. The molecule has 14 heavy (non-hydrogen) atoms. The van der Waals surface area contributed by atoms with Crippen molar-refractivity contribution in [3.8, 4) is 0 Å². The maximum atomic E-state index is 11.8. The Balaban J connectivity index is 1.93. The molecule has 2 fully saturated rings. The molecule has 1 aliphatic carbocycles. The van der Waals surface area contributed by atoms with Crippen LogP contribution in [0.15, 0.2) is 0 Å². The van der Waals surface area contributed by atoms with Crippen LogP contribution in [0.4, 0.5) is 0 Å². The van der Waals surface area contributed by atoms with Crippen molar-refractivity contribution >= 4 is 18.5 Å². The van der Waals surface area contributed by atoms with Crippen LogP contribution < -0.4 is 0 Å². The summed E-state index contributed by atoms with van der Waals surface area (Å²) in [5, 5.41) is 0. The van der Waals surface area contributed by atoms with Gasteiger partial charge in [0, 0.05) is 19.0 Å². The van der Waals surface area contributed by atoms with Gasteiger partial charge in [-0.3, -0.25) is 4.79 Å². The second kappa shape index (κ2) is 3.76. The third kappa shape index (κ3) is 1.92. The molecule has 1 unspecified atom stereocenters. The van der Waals surface area contributed by atoms with Crippen molar-refractivity contribution in [2.45, 2.75) is 32.6 Å². The molecule has 0 aromatic heterocycles. The van der Waals surface area contributed by atoms with E-state index in [4.69, 9.17) is 0 Å². The summed E-state index contributed by atoms with van der Waals surface area (Å²) >= 11 is 4.38. The van der Waals surface area contributed by atoms with Crippen molar-refractivity contribution in [1.82, 2.24) is 4.90 Å². The van der Waals surface area contributed by atoms with Crippen LogP contribution in [0.1, 0.15) is 32.6 Å². The zero-order chi connectivity index (χ0) is 10.2. The quantitative estimate of drug-likeness (QED) is 0.711. The summed E-state index contributed by atoms with van der Waals surface area (Å²) in [5.74, 6) is 1.55. The van der Waals surface area contributed by atoms with E-state index >= 15 is 0 Å². The first kappa shape index (κ1) is 10.3. The van der Waals surface area contributed by atoms with E-state index in [-0.39, 0.29) is 5.92 Å². The number of thiol groups is 1. The number of carbonyl (C=O) groups excluding carboxylic acids is 1. The molecular formula is C11H19NOS. The first-order valence-corrected chi connectivity index (χ1v) is 6.20. The van der Waals surface area contributed by atoms with Gasteiger partial charge < -0.3 is 4.90 Å². The van der Waals surface area contributed by atoms with E-state index in [9.17, 15) is 4.79 Å². The van der Waals surface area contributed by atoms with Crippen LogP contribution in [0, 0.1) is 11.3 Å². The molecule has 0 N–H and O–H groups in total. The van der Waals surface area contributed by atoms with Crippen molar-refractivity contribution in [1.29, 1.82) is 0 Å². The zero-order valence-electron chi connectivity index (χ0n) is 8.83. The average molecular weight is 213 g/mol. The molecule has 3 heteroatoms. The summed E-state index contributed by atoms with van der Waals surface area (Å²) < 4.78 is 0. The largest absolute Gasteiger partial charge is 0.342 e. The second-order valence-corrected chi connectivity index (χ2v) is 5.28. The summed E-state index contributed by atoms with van der Waals surface area (Å²) in [4.78, 5) is 13.9. The Morgan fingerprint density at radius 3 is 2.86 bits per heavy atom. The highest BCUT2D eigenvalue weighted by molar-refractivity contribution is 7.80. The van der Waals surface area contributed by atoms with Crippen molar-refractivity contribution in [3.63, 3.8) is 0 Å². The van der Waals surface area contributed by atoms with E-state index in [0.29, 0.717) is 11.3 Å². The number of piperidine rings is 1. The molecule has 80 valence electrons. The summed E-state index contributed by atoms with van der Waals surface area (Å²) in [6, 6.07) is 0. The Kier molecular flexibility index (Phi) is 2.78. The summed E-state index contributed by atoms with van der Waals surface area (Å²) in [5.41, 5.74) is 0.385. The number of nitrogens with zero attached hydrogens (tertiary/aromatic N) is 1. The third-order valence-corrected chi connectivity index (χ3v) is 4.29. The Morgan fingerprint density at radius 1 is 1.57 bits per heavy atom. The minimum Gasteiger partial charge on any atom is -0.342 e. The highest BCUT2D eigenvalue weighted by Crippen LogP contribution is 2.47. The molecule has 0 aromatic rings. The van der Waals surface area contributed by atoms with E-state index in [1.165, 1.54) is 19.3 Å². The monoisotopic (exact) mass is 213 g/mol. The Hall–Kier alpha value is -0.180. The second-order valence-electron chi connectivity index (χ2n) is 4.96. The standard InChI is InChI=1S/C11H19NOS/c1-9-3-2-6-12(10(9)13)7-11(8-14)4-5-11/h9,14H,2-8H2,1H3. The minimum atomic E-state index is 0.250. The number of rotatable bonds is 3. The predicted octanol–water partition coefficient (Wildman–Crippen LogP) is 1.95. The van der Waals surface area contributed by atoms with Gasteiger partial charge in [0.1, 0.15) is 0 Å². The van der Waals surface area contributed by atoms with E-state index in [1.807, 2.05) is 0 Å². The average Bonchev–Trinajstić information content (AvgIpc) is 2.94. The molecule has 1 heterocycles. The molecular weight excluding hydrogens is 194 g/mol. The van der Waals surface area contributed by atoms with Crippen LogP contribution in [0.25, 0.3) is 0 Å². The van der Waals surface area contributed by atoms with Gasteiger partial charge in [0.2, 0.25) is 5.91 Å². The van der Waals surface area contributed by atoms with Crippen LogP contribution in [-0.4, -0.2) is 29.6 Å². The highest BCUT2D eigenvalue weighted by atomic mass is 32.1. The van der Waals surface area contributed by atoms with E-state index in [1.54, 1.807) is 0 Å². The summed E-state index contributed by atoms with van der Waals surface area (Å²) in [7, 11) is 0. The van der Waals surface area contributed by atoms with Gasteiger partial charge in [0.15, 0.2) is 0 Å². The normalized spacial score (nSPS) is 30.6. The van der Waals surface area contributed by atoms with Crippen LogP contribution in [-0.2, 0) is 4.79 Å². The smallest absolute Gasteiger partial charge is 0.225 e. The van der Waals surface area contributed by atoms with Crippen molar-refractivity contribution in [2.75, 3.05) is 18.8 Å². The van der Waals surface area contributed by atoms with Crippen molar-refractivity contribution in [2.24, 2.45) is 11.3 Å². The minimum absolute atomic E-state index is 0.250. The van der Waals surface area contributed by atoms with Gasteiger partial charge in [-0.15, -0.1) is 0 Å². The lowest BCUT2D eigenvalue weighted by atomic mass is 9.97. The molecule has 1 atom stereocenters. The first-order valence-electron chi connectivity index (χ1n) is 5.56. The fraction of sp³-hybridized carbons (Fsp3) is 0.909. The fourth-order valence-electron chi connectivity index (χ4n) is 2.24. The molecule has 1 amide bonds. The molecule has 0 bridgehead atoms. The Labute approximate surface area is 91.5 Å². The van der Waals surface area contributed by atoms with Gasteiger partial charge >= 0.3 is 0 Å². The molecule has 2 aliphatic rings. The molecule has 1 saturated carbocycles. The SMILES string of the molecule is CC1CCCN(CC2(CS)CC2)C1=O. The predicted molar refractivity (Wildman–Crippen MR) is 60.5 cm³/mol. The van der Waals surface area contributed by atoms with Crippen molar-refractivity contribution in [3.05, 3.63) is 0 Å². The maximum absolute atomic E-state index is 11.8. The van der Waals surface area contributed by atoms with Crippen LogP contribution in [0.5, 0.6) is 0 Å². The number of carbonyl (C=O) groups is 1. The first-order chi connectivity index (χ1) is 6.67. The Bertz CT molecular complexity index is 237. The number of likely N-dealkylation sites (tertiary alicyclic amines) is 1. The molecule has 1 aliphatic heterocycles. The molecule has 0 spiro atoms. The number of hydrogen-bond acceptors (Lipinski definition) is 2. The molecule has 0 radical (unpaired) electrons. The topological polar surface area (TPSA) is 20.3 Å². The van der Waals surface area contributed by atoms with Gasteiger partial charge in [0.25, 0.3) is 0 Å². The van der Waals surface area contributed by atoms with E-state index in [0.717, 1.165) is 25.3 Å². The van der Waals surface area contributed by atoms with Gasteiger partial charge in [-0.05, 0) is 36.9 Å². The molecule has 0 aromatic carbocycles. The van der Waals surface area contributed by atoms with Gasteiger partial charge in [-0.2, -0.15) is 12.6 Å². The highest BCUT2D eigenvalue weighted by Gasteiger charge is 2.44. The lowest BCUT2D eigenvalue weighted by Crippen LogP contribution is -2.43. The van der Waals surface area contributed by atoms with Gasteiger partial charge in [-0.1, -0.05) is 6.92 Å². The zero-order valence-corrected chi connectivity index (χ0v) is 9.72. The number of hydrogen-bond donors (Lipinski definition) is 1. The number of amides is 1. The fourth-order valence-corrected chi connectivity index (χ4v) is 2.65.